The van der Waals surface area contributed by atoms with Crippen molar-refractivity contribution in [2.45, 2.75) is 20.8 Å². The third-order valence-corrected chi connectivity index (χ3v) is 1.12. The van der Waals surface area contributed by atoms with Crippen LogP contribution in [0.25, 0.3) is 0 Å². The molecule has 0 spiro atoms. The van der Waals surface area contributed by atoms with Crippen LogP contribution in [0.5, 0.6) is 0 Å². The minimum absolute atomic E-state index is 0.201. The van der Waals surface area contributed by atoms with Gasteiger partial charge in [-0.05, 0) is 12.8 Å². The van der Waals surface area contributed by atoms with E-state index in [-0.39, 0.29) is 12.5 Å². The van der Waals surface area contributed by atoms with Crippen molar-refractivity contribution < 1.29 is 9.53 Å². The number of hydrogen-bond acceptors (Lipinski definition) is 4. The molecular weight excluding hydrogens is 160 g/mol. The Morgan fingerprint density at radius 2 is 2.17 bits per heavy atom. The highest BCUT2D eigenvalue weighted by molar-refractivity contribution is 5.66. The average molecular weight is 174 g/mol. The molecule has 0 unspecified atom stereocenters. The number of nitroso groups, excluding NO2 is 1. The van der Waals surface area contributed by atoms with Crippen molar-refractivity contribution in [3.05, 3.63) is 4.91 Å². The fraction of sp³-hybridized carbons (Fsp3) is 0.857. The maximum atomic E-state index is 10.9. The maximum Gasteiger partial charge on any atom is 0.432 e. The van der Waals surface area contributed by atoms with Gasteiger partial charge < -0.3 is 4.74 Å². The van der Waals surface area contributed by atoms with Crippen LogP contribution in [0.2, 0.25) is 0 Å². The minimum atomic E-state index is -0.679. The second-order valence-corrected chi connectivity index (χ2v) is 2.76. The molecule has 0 saturated heterocycles. The van der Waals surface area contributed by atoms with E-state index in [2.05, 4.69) is 10.0 Å². The highest BCUT2D eigenvalue weighted by atomic mass is 16.6. The molecule has 5 heteroatoms. The standard InChI is InChI=1S/C7H14N2O3/c1-4-12-7(10)9(8-11)5-6(2)3/h6H,4-5H2,1-3H3. The Kier molecular flexibility index (Phi) is 4.99. The van der Waals surface area contributed by atoms with Gasteiger partial charge in [0, 0.05) is 0 Å². The largest absolute Gasteiger partial charge is 0.448 e. The number of hydrogen-bond donors (Lipinski definition) is 0. The summed E-state index contributed by atoms with van der Waals surface area (Å²) in [6, 6.07) is 0. The molecule has 0 aromatic carbocycles. The Labute approximate surface area is 71.6 Å². The summed E-state index contributed by atoms with van der Waals surface area (Å²) in [6.07, 6.45) is -0.679. The van der Waals surface area contributed by atoms with E-state index in [1.54, 1.807) is 6.92 Å². The normalized spacial score (nSPS) is 9.67. The van der Waals surface area contributed by atoms with Crippen molar-refractivity contribution in [2.24, 2.45) is 11.2 Å². The van der Waals surface area contributed by atoms with Crippen molar-refractivity contribution in [1.82, 2.24) is 5.01 Å². The number of carbonyl (C=O) groups is 1. The predicted molar refractivity (Wildman–Crippen MR) is 44.4 cm³/mol. The van der Waals surface area contributed by atoms with E-state index in [0.717, 1.165) is 5.01 Å². The van der Waals surface area contributed by atoms with Crippen molar-refractivity contribution in [2.75, 3.05) is 13.2 Å². The molecule has 70 valence electrons. The van der Waals surface area contributed by atoms with Gasteiger partial charge in [-0.2, -0.15) is 5.01 Å². The van der Waals surface area contributed by atoms with Gasteiger partial charge in [0.2, 0.25) is 0 Å². The Morgan fingerprint density at radius 1 is 1.58 bits per heavy atom. The first-order valence-corrected chi connectivity index (χ1v) is 3.89. The molecular formula is C7H14N2O3. The molecule has 0 aromatic rings. The SMILES string of the molecule is CCOC(=O)N(CC(C)C)N=O. The summed E-state index contributed by atoms with van der Waals surface area (Å²) in [5.41, 5.74) is 0. The molecule has 5 nitrogen and oxygen atoms in total. The molecule has 0 aliphatic carbocycles. The zero-order valence-electron chi connectivity index (χ0n) is 7.61. The van der Waals surface area contributed by atoms with Crippen LogP contribution in [0.4, 0.5) is 4.79 Å². The van der Waals surface area contributed by atoms with E-state index < -0.39 is 6.09 Å². The van der Waals surface area contributed by atoms with Gasteiger partial charge in [0.25, 0.3) is 0 Å². The molecule has 0 N–H and O–H groups in total. The van der Waals surface area contributed by atoms with Crippen molar-refractivity contribution in [1.29, 1.82) is 0 Å². The summed E-state index contributed by atoms with van der Waals surface area (Å²) in [5, 5.41) is 3.34. The monoisotopic (exact) mass is 174 g/mol. The summed E-state index contributed by atoms with van der Waals surface area (Å²) < 4.78 is 4.59. The van der Waals surface area contributed by atoms with E-state index >= 15 is 0 Å². The fourth-order valence-electron chi connectivity index (χ4n) is 0.685. The molecule has 0 bridgehead atoms. The van der Waals surface area contributed by atoms with Gasteiger partial charge >= 0.3 is 6.09 Å². The second-order valence-electron chi connectivity index (χ2n) is 2.76. The first kappa shape index (κ1) is 10.9. The van der Waals surface area contributed by atoms with Crippen LogP contribution in [-0.4, -0.2) is 24.3 Å². The van der Waals surface area contributed by atoms with Crippen LogP contribution in [0.3, 0.4) is 0 Å². The third-order valence-electron chi connectivity index (χ3n) is 1.12. The zero-order chi connectivity index (χ0) is 9.56. The van der Waals surface area contributed by atoms with Crippen LogP contribution in [-0.2, 0) is 4.74 Å². The van der Waals surface area contributed by atoms with Crippen molar-refractivity contribution in [3.63, 3.8) is 0 Å². The summed E-state index contributed by atoms with van der Waals surface area (Å²) in [6.45, 7) is 6.00. The lowest BCUT2D eigenvalue weighted by molar-refractivity contribution is 0.103. The van der Waals surface area contributed by atoms with E-state index in [1.165, 1.54) is 0 Å². The number of amides is 1. The Bertz CT molecular complexity index is 159. The van der Waals surface area contributed by atoms with Crippen LogP contribution >= 0.6 is 0 Å². The van der Waals surface area contributed by atoms with Crippen LogP contribution in [0.15, 0.2) is 5.29 Å². The van der Waals surface area contributed by atoms with Gasteiger partial charge in [0.15, 0.2) is 0 Å². The maximum absolute atomic E-state index is 10.9. The fourth-order valence-corrected chi connectivity index (χ4v) is 0.685. The van der Waals surface area contributed by atoms with Gasteiger partial charge in [-0.15, -0.1) is 4.91 Å². The zero-order valence-corrected chi connectivity index (χ0v) is 7.61. The van der Waals surface area contributed by atoms with E-state index in [0.29, 0.717) is 6.54 Å². The Morgan fingerprint density at radius 3 is 2.50 bits per heavy atom. The van der Waals surface area contributed by atoms with E-state index in [1.807, 2.05) is 13.8 Å². The Hall–Kier alpha value is -1.13. The second kappa shape index (κ2) is 5.51. The summed E-state index contributed by atoms with van der Waals surface area (Å²) in [7, 11) is 0. The highest BCUT2D eigenvalue weighted by Crippen LogP contribution is 2.01. The Balaban J connectivity index is 3.96. The molecule has 0 aromatic heterocycles. The molecule has 0 aliphatic rings. The lowest BCUT2D eigenvalue weighted by Crippen LogP contribution is -2.29. The van der Waals surface area contributed by atoms with Gasteiger partial charge in [-0.1, -0.05) is 13.8 Å². The van der Waals surface area contributed by atoms with Crippen LogP contribution < -0.4 is 0 Å². The molecule has 1 amide bonds. The van der Waals surface area contributed by atoms with Gasteiger partial charge in [-0.3, -0.25) is 0 Å². The highest BCUT2D eigenvalue weighted by Gasteiger charge is 2.15. The van der Waals surface area contributed by atoms with Crippen molar-refractivity contribution in [3.8, 4) is 0 Å². The van der Waals surface area contributed by atoms with Crippen LogP contribution in [0.1, 0.15) is 20.8 Å². The molecule has 12 heavy (non-hydrogen) atoms. The molecule has 0 atom stereocenters. The molecule has 0 saturated carbocycles. The summed E-state index contributed by atoms with van der Waals surface area (Å²) in [5.74, 6) is 0.201. The minimum Gasteiger partial charge on any atom is -0.448 e. The van der Waals surface area contributed by atoms with E-state index in [9.17, 15) is 9.70 Å². The lowest BCUT2D eigenvalue weighted by Gasteiger charge is -2.14. The first-order valence-electron chi connectivity index (χ1n) is 3.89. The van der Waals surface area contributed by atoms with Gasteiger partial charge in [0.1, 0.15) is 0 Å². The molecule has 0 radical (unpaired) electrons. The number of carbonyl (C=O) groups excluding carboxylic acids is 1. The summed E-state index contributed by atoms with van der Waals surface area (Å²) >= 11 is 0. The number of rotatable bonds is 4. The molecule has 0 heterocycles. The topological polar surface area (TPSA) is 59.0 Å². The first-order chi connectivity index (χ1) is 5.61. The average Bonchev–Trinajstić information content (AvgIpc) is 2.00. The van der Waals surface area contributed by atoms with Crippen LogP contribution in [0, 0.1) is 10.8 Å². The molecule has 0 fully saturated rings. The quantitative estimate of drug-likeness (QED) is 0.482. The molecule has 0 rings (SSSR count). The third kappa shape index (κ3) is 3.90. The van der Waals surface area contributed by atoms with Crippen molar-refractivity contribution >= 4 is 6.09 Å². The number of ether oxygens (including phenoxy) is 1. The summed E-state index contributed by atoms with van der Waals surface area (Å²) in [4.78, 5) is 21.1. The van der Waals surface area contributed by atoms with Gasteiger partial charge in [0.05, 0.1) is 18.4 Å². The van der Waals surface area contributed by atoms with Gasteiger partial charge in [-0.25, -0.2) is 4.79 Å². The predicted octanol–water partition coefficient (Wildman–Crippen LogP) is 1.78. The molecule has 0 aliphatic heterocycles. The van der Waals surface area contributed by atoms with E-state index in [4.69, 9.17) is 0 Å². The smallest absolute Gasteiger partial charge is 0.432 e. The lowest BCUT2D eigenvalue weighted by atomic mass is 10.2. The number of nitrogens with zero attached hydrogens (tertiary/aromatic N) is 2.